The fourth-order valence-electron chi connectivity index (χ4n) is 3.03. The zero-order valence-corrected chi connectivity index (χ0v) is 11.9. The van der Waals surface area contributed by atoms with Gasteiger partial charge >= 0.3 is 0 Å². The van der Waals surface area contributed by atoms with Crippen LogP contribution in [0.4, 0.5) is 0 Å². The average Bonchev–Trinajstić information content (AvgIpc) is 2.48. The maximum absolute atomic E-state index is 10.5. The molecule has 1 aliphatic carbocycles. The van der Waals surface area contributed by atoms with E-state index >= 15 is 0 Å². The Morgan fingerprint density at radius 2 is 1.57 bits per heavy atom. The van der Waals surface area contributed by atoms with Gasteiger partial charge in [0, 0.05) is 35.8 Å². The average molecular weight is 280 g/mol. The summed E-state index contributed by atoms with van der Waals surface area (Å²) in [5.41, 5.74) is 2.36. The number of allylic oxidation sites excluding steroid dienone is 4. The van der Waals surface area contributed by atoms with Crippen LogP contribution in [0.15, 0.2) is 60.9 Å². The zero-order chi connectivity index (χ0) is 14.9. The molecule has 2 heterocycles. The molecule has 0 aliphatic heterocycles. The molecule has 3 rings (SSSR count). The summed E-state index contributed by atoms with van der Waals surface area (Å²) < 4.78 is 0. The molecule has 5 nitrogen and oxygen atoms in total. The molecule has 1 N–H and O–H groups in total. The summed E-state index contributed by atoms with van der Waals surface area (Å²) in [6.07, 6.45) is 13.9. The van der Waals surface area contributed by atoms with E-state index in [0.717, 1.165) is 16.7 Å². The van der Waals surface area contributed by atoms with Gasteiger partial charge in [0.1, 0.15) is 18.4 Å². The van der Waals surface area contributed by atoms with E-state index in [1.54, 1.807) is 30.9 Å². The van der Waals surface area contributed by atoms with E-state index in [2.05, 4.69) is 32.9 Å². The van der Waals surface area contributed by atoms with Crippen molar-refractivity contribution < 1.29 is 5.11 Å². The number of aliphatic hydroxyl groups is 1. The molecule has 0 radical (unpaired) electrons. The number of rotatable bonds is 2. The summed E-state index contributed by atoms with van der Waals surface area (Å²) in [4.78, 5) is 16.4. The monoisotopic (exact) mass is 280 g/mol. The Kier molecular flexibility index (Phi) is 3.25. The number of hydrogen-bond donors (Lipinski definition) is 1. The minimum atomic E-state index is -0.450. The summed E-state index contributed by atoms with van der Waals surface area (Å²) in [6.45, 7) is 4.03. The third-order valence-corrected chi connectivity index (χ3v) is 3.89. The lowest BCUT2D eigenvalue weighted by Crippen LogP contribution is -2.32. The Labute approximate surface area is 123 Å². The van der Waals surface area contributed by atoms with Crippen LogP contribution in [-0.2, 0) is 5.41 Å². The molecule has 0 amide bonds. The van der Waals surface area contributed by atoms with E-state index in [-0.39, 0.29) is 5.92 Å². The SMILES string of the molecule is CC1=CC(C)(c2cncnc2)C(c2cncnc2)C(O)=C1. The molecule has 0 saturated heterocycles. The van der Waals surface area contributed by atoms with Crippen molar-refractivity contribution in [2.24, 2.45) is 0 Å². The van der Waals surface area contributed by atoms with E-state index in [4.69, 9.17) is 0 Å². The van der Waals surface area contributed by atoms with Crippen molar-refractivity contribution in [2.75, 3.05) is 0 Å². The first kappa shape index (κ1) is 13.4. The summed E-state index contributed by atoms with van der Waals surface area (Å²) >= 11 is 0. The van der Waals surface area contributed by atoms with Crippen molar-refractivity contribution in [1.82, 2.24) is 19.9 Å². The van der Waals surface area contributed by atoms with E-state index in [1.807, 2.05) is 6.92 Å². The molecule has 2 unspecified atom stereocenters. The van der Waals surface area contributed by atoms with Gasteiger partial charge in [-0.25, -0.2) is 19.9 Å². The van der Waals surface area contributed by atoms with Gasteiger partial charge in [-0.1, -0.05) is 18.6 Å². The third kappa shape index (κ3) is 2.31. The third-order valence-electron chi connectivity index (χ3n) is 3.89. The van der Waals surface area contributed by atoms with Gasteiger partial charge in [-0.05, 0) is 18.6 Å². The predicted molar refractivity (Wildman–Crippen MR) is 78.6 cm³/mol. The highest BCUT2D eigenvalue weighted by Gasteiger charge is 2.40. The van der Waals surface area contributed by atoms with Crippen molar-refractivity contribution >= 4 is 0 Å². The Hall–Kier alpha value is -2.56. The van der Waals surface area contributed by atoms with Gasteiger partial charge in [0.15, 0.2) is 0 Å². The van der Waals surface area contributed by atoms with Crippen molar-refractivity contribution in [3.63, 3.8) is 0 Å². The smallest absolute Gasteiger partial charge is 0.115 e. The number of nitrogens with zero attached hydrogens (tertiary/aromatic N) is 4. The summed E-state index contributed by atoms with van der Waals surface area (Å²) in [6, 6.07) is 0. The molecule has 0 bridgehead atoms. The van der Waals surface area contributed by atoms with Gasteiger partial charge in [-0.3, -0.25) is 0 Å². The van der Waals surface area contributed by atoms with Gasteiger partial charge in [-0.2, -0.15) is 0 Å². The molecule has 5 heteroatoms. The molecule has 1 aliphatic rings. The van der Waals surface area contributed by atoms with Gasteiger partial charge < -0.3 is 5.11 Å². The van der Waals surface area contributed by atoms with Crippen molar-refractivity contribution in [3.8, 4) is 0 Å². The maximum atomic E-state index is 10.5. The maximum Gasteiger partial charge on any atom is 0.115 e. The molecule has 2 atom stereocenters. The molecule has 0 aromatic carbocycles. The van der Waals surface area contributed by atoms with Crippen LogP contribution in [0.25, 0.3) is 0 Å². The molecule has 2 aromatic heterocycles. The van der Waals surface area contributed by atoms with Crippen LogP contribution < -0.4 is 0 Å². The molecule has 0 spiro atoms. The lowest BCUT2D eigenvalue weighted by atomic mass is 9.66. The summed E-state index contributed by atoms with van der Waals surface area (Å²) in [5.74, 6) is 0.0459. The molecular formula is C16H16N4O. The first-order valence-corrected chi connectivity index (χ1v) is 6.71. The van der Waals surface area contributed by atoms with Gasteiger partial charge in [-0.15, -0.1) is 0 Å². The Morgan fingerprint density at radius 3 is 2.19 bits per heavy atom. The first-order valence-electron chi connectivity index (χ1n) is 6.71. The summed E-state index contributed by atoms with van der Waals surface area (Å²) in [7, 11) is 0. The molecular weight excluding hydrogens is 264 g/mol. The second-order valence-corrected chi connectivity index (χ2v) is 5.47. The highest BCUT2D eigenvalue weighted by molar-refractivity contribution is 5.46. The van der Waals surface area contributed by atoms with E-state index < -0.39 is 5.41 Å². The van der Waals surface area contributed by atoms with E-state index in [9.17, 15) is 5.11 Å². The van der Waals surface area contributed by atoms with Crippen LogP contribution in [0.3, 0.4) is 0 Å². The zero-order valence-electron chi connectivity index (χ0n) is 11.9. The summed E-state index contributed by atoms with van der Waals surface area (Å²) in [5, 5.41) is 10.5. The fourth-order valence-corrected chi connectivity index (χ4v) is 3.03. The van der Waals surface area contributed by atoms with Gasteiger partial charge in [0.25, 0.3) is 0 Å². The van der Waals surface area contributed by atoms with E-state index in [1.165, 1.54) is 12.7 Å². The minimum absolute atomic E-state index is 0.256. The van der Waals surface area contributed by atoms with Crippen LogP contribution >= 0.6 is 0 Å². The second-order valence-electron chi connectivity index (χ2n) is 5.47. The number of aromatic nitrogens is 4. The van der Waals surface area contributed by atoms with Crippen molar-refractivity contribution in [2.45, 2.75) is 25.2 Å². The lowest BCUT2D eigenvalue weighted by molar-refractivity contribution is 0.315. The quantitative estimate of drug-likeness (QED) is 0.915. The molecule has 21 heavy (non-hydrogen) atoms. The molecule has 0 saturated carbocycles. The van der Waals surface area contributed by atoms with Crippen LogP contribution in [0.2, 0.25) is 0 Å². The minimum Gasteiger partial charge on any atom is -0.512 e. The van der Waals surface area contributed by atoms with Crippen molar-refractivity contribution in [3.05, 3.63) is 72.1 Å². The first-order chi connectivity index (χ1) is 10.1. The van der Waals surface area contributed by atoms with Crippen LogP contribution in [-0.4, -0.2) is 25.0 Å². The molecule has 2 aromatic rings. The predicted octanol–water partition coefficient (Wildman–Crippen LogP) is 2.71. The van der Waals surface area contributed by atoms with E-state index in [0.29, 0.717) is 5.76 Å². The van der Waals surface area contributed by atoms with Crippen LogP contribution in [0.1, 0.15) is 30.9 Å². The Balaban J connectivity index is 2.18. The topological polar surface area (TPSA) is 71.8 Å². The second kappa shape index (κ2) is 5.09. The highest BCUT2D eigenvalue weighted by Crippen LogP contribution is 2.46. The standard InChI is InChI=1S/C16H16N4O/c1-11-3-14(21)15(12-5-17-9-18-6-12)16(2,4-11)13-7-19-10-20-8-13/h3-10,15,21H,1-2H3. The fraction of sp³-hybridized carbons (Fsp3) is 0.250. The normalized spacial score (nSPS) is 25.1. The van der Waals surface area contributed by atoms with Crippen LogP contribution in [0, 0.1) is 0 Å². The largest absolute Gasteiger partial charge is 0.512 e. The highest BCUT2D eigenvalue weighted by atomic mass is 16.3. The lowest BCUT2D eigenvalue weighted by Gasteiger charge is -2.37. The van der Waals surface area contributed by atoms with Crippen molar-refractivity contribution in [1.29, 1.82) is 0 Å². The van der Waals surface area contributed by atoms with Gasteiger partial charge in [0.2, 0.25) is 0 Å². The Morgan fingerprint density at radius 1 is 1.00 bits per heavy atom. The molecule has 0 fully saturated rings. The number of hydrogen-bond acceptors (Lipinski definition) is 5. The Bertz CT molecular complexity index is 697. The van der Waals surface area contributed by atoms with Crippen LogP contribution in [0.5, 0.6) is 0 Å². The number of aliphatic hydroxyl groups excluding tert-OH is 1. The van der Waals surface area contributed by atoms with Gasteiger partial charge in [0.05, 0.1) is 5.92 Å². The molecule has 106 valence electrons.